The van der Waals surface area contributed by atoms with E-state index in [9.17, 15) is 18.0 Å². The molecule has 178 valence electrons. The highest BCUT2D eigenvalue weighted by atomic mass is 32.2. The Kier molecular flexibility index (Phi) is 7.86. The average Bonchev–Trinajstić information content (AvgIpc) is 2.78. The highest BCUT2D eigenvalue weighted by Gasteiger charge is 2.33. The number of nitrogens with zero attached hydrogens (tertiary/aromatic N) is 3. The lowest BCUT2D eigenvalue weighted by Crippen LogP contribution is -2.45. The zero-order chi connectivity index (χ0) is 24.2. The fourth-order valence-corrected chi connectivity index (χ4v) is 5.38. The molecule has 2 amide bonds. The lowest BCUT2D eigenvalue weighted by molar-refractivity contribution is -0.138. The van der Waals surface area contributed by atoms with Crippen molar-refractivity contribution in [1.29, 1.82) is 0 Å². The molecule has 0 aliphatic carbocycles. The number of aryl methyl sites for hydroxylation is 1. The van der Waals surface area contributed by atoms with Gasteiger partial charge in [0, 0.05) is 32.3 Å². The van der Waals surface area contributed by atoms with Crippen LogP contribution in [0.25, 0.3) is 0 Å². The van der Waals surface area contributed by atoms with Crippen molar-refractivity contribution in [2.75, 3.05) is 32.0 Å². The first-order chi connectivity index (χ1) is 15.6. The summed E-state index contributed by atoms with van der Waals surface area (Å²) in [6.07, 6.45) is 2.46. The lowest BCUT2D eigenvalue weighted by Gasteiger charge is -2.32. The molecule has 8 nitrogen and oxygen atoms in total. The van der Waals surface area contributed by atoms with Crippen molar-refractivity contribution in [2.45, 2.75) is 44.4 Å². The number of nitrogens with one attached hydrogen (secondary N) is 1. The van der Waals surface area contributed by atoms with Gasteiger partial charge in [0.1, 0.15) is 5.82 Å². The molecule has 1 aromatic heterocycles. The molecule has 1 saturated heterocycles. The Morgan fingerprint density at radius 1 is 1.15 bits per heavy atom. The van der Waals surface area contributed by atoms with Crippen molar-refractivity contribution in [3.8, 4) is 0 Å². The molecule has 1 N–H and O–H groups in total. The van der Waals surface area contributed by atoms with E-state index in [1.807, 2.05) is 25.1 Å². The third kappa shape index (κ3) is 6.17. The molecule has 0 saturated carbocycles. The molecular weight excluding hydrogens is 440 g/mol. The SMILES string of the molecule is Cc1ccnc(NC(=O)CN(C)C(=O)C2CCN(S(=O)(=O)c3ccc(C(C)C)cc3)CC2)c1. The molecular formula is C24H32N4O4S. The number of carbonyl (C=O) groups excluding carboxylic acids is 2. The summed E-state index contributed by atoms with van der Waals surface area (Å²) in [6, 6.07) is 10.6. The van der Waals surface area contributed by atoms with Crippen LogP contribution in [-0.2, 0) is 19.6 Å². The van der Waals surface area contributed by atoms with Gasteiger partial charge in [0.2, 0.25) is 21.8 Å². The van der Waals surface area contributed by atoms with E-state index in [0.717, 1.165) is 11.1 Å². The van der Waals surface area contributed by atoms with Crippen molar-refractivity contribution in [3.05, 3.63) is 53.7 Å². The van der Waals surface area contributed by atoms with E-state index in [1.165, 1.54) is 9.21 Å². The largest absolute Gasteiger partial charge is 0.336 e. The van der Waals surface area contributed by atoms with Crippen LogP contribution < -0.4 is 5.32 Å². The molecule has 33 heavy (non-hydrogen) atoms. The third-order valence-electron chi connectivity index (χ3n) is 5.93. The van der Waals surface area contributed by atoms with Gasteiger partial charge in [-0.1, -0.05) is 26.0 Å². The topological polar surface area (TPSA) is 99.7 Å². The minimum Gasteiger partial charge on any atom is -0.336 e. The maximum Gasteiger partial charge on any atom is 0.245 e. The Balaban J connectivity index is 1.53. The number of benzene rings is 1. The molecule has 1 aliphatic rings. The van der Waals surface area contributed by atoms with E-state index >= 15 is 0 Å². The number of anilines is 1. The van der Waals surface area contributed by atoms with Gasteiger partial charge in [-0.25, -0.2) is 13.4 Å². The fraction of sp³-hybridized carbons (Fsp3) is 0.458. The number of likely N-dealkylation sites (N-methyl/N-ethyl adjacent to an activating group) is 1. The van der Waals surface area contributed by atoms with Gasteiger partial charge in [-0.3, -0.25) is 9.59 Å². The normalized spacial score (nSPS) is 15.4. The molecule has 1 aliphatic heterocycles. The van der Waals surface area contributed by atoms with Crippen molar-refractivity contribution < 1.29 is 18.0 Å². The first-order valence-corrected chi connectivity index (χ1v) is 12.6. The minimum atomic E-state index is -3.59. The monoisotopic (exact) mass is 472 g/mol. The second-order valence-electron chi connectivity index (χ2n) is 8.86. The number of hydrogen-bond acceptors (Lipinski definition) is 5. The lowest BCUT2D eigenvalue weighted by atomic mass is 9.96. The summed E-state index contributed by atoms with van der Waals surface area (Å²) >= 11 is 0. The molecule has 3 rings (SSSR count). The van der Waals surface area contributed by atoms with Gasteiger partial charge in [-0.15, -0.1) is 0 Å². The van der Waals surface area contributed by atoms with Crippen LogP contribution in [0.5, 0.6) is 0 Å². The second kappa shape index (κ2) is 10.4. The molecule has 0 bridgehead atoms. The molecule has 1 fully saturated rings. The summed E-state index contributed by atoms with van der Waals surface area (Å²) in [4.78, 5) is 30.9. The summed E-state index contributed by atoms with van der Waals surface area (Å²) in [6.45, 7) is 6.49. The Hall–Kier alpha value is -2.78. The van der Waals surface area contributed by atoms with Crippen LogP contribution in [0.2, 0.25) is 0 Å². The van der Waals surface area contributed by atoms with Gasteiger partial charge < -0.3 is 10.2 Å². The van der Waals surface area contributed by atoms with Crippen molar-refractivity contribution in [1.82, 2.24) is 14.2 Å². The van der Waals surface area contributed by atoms with Gasteiger partial charge in [0.05, 0.1) is 11.4 Å². The van der Waals surface area contributed by atoms with Gasteiger partial charge in [-0.2, -0.15) is 4.31 Å². The molecule has 1 aromatic carbocycles. The van der Waals surface area contributed by atoms with Crippen LogP contribution >= 0.6 is 0 Å². The number of piperidine rings is 1. The highest BCUT2D eigenvalue weighted by molar-refractivity contribution is 7.89. The van der Waals surface area contributed by atoms with Crippen molar-refractivity contribution in [3.63, 3.8) is 0 Å². The molecule has 0 atom stereocenters. The predicted octanol–water partition coefficient (Wildman–Crippen LogP) is 3.01. The van der Waals surface area contributed by atoms with Crippen LogP contribution in [0.4, 0.5) is 5.82 Å². The molecule has 9 heteroatoms. The van der Waals surface area contributed by atoms with E-state index in [4.69, 9.17) is 0 Å². The summed E-state index contributed by atoms with van der Waals surface area (Å²) < 4.78 is 27.4. The Morgan fingerprint density at radius 3 is 2.36 bits per heavy atom. The summed E-state index contributed by atoms with van der Waals surface area (Å²) in [5, 5.41) is 2.70. The van der Waals surface area contributed by atoms with E-state index in [1.54, 1.807) is 31.4 Å². The van der Waals surface area contributed by atoms with Crippen molar-refractivity contribution in [2.24, 2.45) is 5.92 Å². The van der Waals surface area contributed by atoms with E-state index in [0.29, 0.717) is 24.6 Å². The van der Waals surface area contributed by atoms with Crippen LogP contribution in [0, 0.1) is 12.8 Å². The van der Waals surface area contributed by atoms with Gasteiger partial charge in [0.15, 0.2) is 0 Å². The van der Waals surface area contributed by atoms with Gasteiger partial charge in [-0.05, 0) is 61.1 Å². The van der Waals surface area contributed by atoms with E-state index in [2.05, 4.69) is 24.1 Å². The Labute approximate surface area is 196 Å². The number of amides is 2. The summed E-state index contributed by atoms with van der Waals surface area (Å²) in [7, 11) is -2.01. The molecule has 2 heterocycles. The molecule has 0 spiro atoms. The Morgan fingerprint density at radius 2 is 1.79 bits per heavy atom. The number of rotatable bonds is 7. The zero-order valence-corrected chi connectivity index (χ0v) is 20.4. The van der Waals surface area contributed by atoms with Gasteiger partial charge >= 0.3 is 0 Å². The molecule has 2 aromatic rings. The van der Waals surface area contributed by atoms with Crippen molar-refractivity contribution >= 4 is 27.7 Å². The quantitative estimate of drug-likeness (QED) is 0.668. The first-order valence-electron chi connectivity index (χ1n) is 11.2. The minimum absolute atomic E-state index is 0.0881. The number of pyridine rings is 1. The Bertz CT molecular complexity index is 1090. The maximum atomic E-state index is 13.0. The molecule has 0 unspecified atom stereocenters. The predicted molar refractivity (Wildman–Crippen MR) is 127 cm³/mol. The first kappa shape index (κ1) is 24.9. The smallest absolute Gasteiger partial charge is 0.245 e. The zero-order valence-electron chi connectivity index (χ0n) is 19.6. The maximum absolute atomic E-state index is 13.0. The summed E-state index contributed by atoms with van der Waals surface area (Å²) in [5.41, 5.74) is 2.06. The highest BCUT2D eigenvalue weighted by Crippen LogP contribution is 2.26. The second-order valence-corrected chi connectivity index (χ2v) is 10.8. The van der Waals surface area contributed by atoms with E-state index < -0.39 is 10.0 Å². The fourth-order valence-electron chi connectivity index (χ4n) is 3.91. The number of hydrogen-bond donors (Lipinski definition) is 1. The van der Waals surface area contributed by atoms with Crippen LogP contribution in [0.3, 0.4) is 0 Å². The average molecular weight is 473 g/mol. The molecule has 0 radical (unpaired) electrons. The number of aromatic nitrogens is 1. The van der Waals surface area contributed by atoms with Crippen LogP contribution in [0.1, 0.15) is 43.7 Å². The van der Waals surface area contributed by atoms with Gasteiger partial charge in [0.25, 0.3) is 0 Å². The summed E-state index contributed by atoms with van der Waals surface area (Å²) in [5.74, 6) is -0.0133. The number of sulfonamides is 1. The number of carbonyl (C=O) groups is 2. The van der Waals surface area contributed by atoms with Crippen LogP contribution in [0.15, 0.2) is 47.5 Å². The third-order valence-corrected chi connectivity index (χ3v) is 7.84. The van der Waals surface area contributed by atoms with Crippen LogP contribution in [-0.4, -0.2) is 61.1 Å². The standard InChI is InChI=1S/C24H32N4O4S/c1-17(2)19-5-7-21(8-6-19)33(31,32)28-13-10-20(11-14-28)24(30)27(4)16-23(29)26-22-15-18(3)9-12-25-22/h5-9,12,15,17,20H,10-11,13-14,16H2,1-4H3,(H,25,26,29). The van der Waals surface area contributed by atoms with E-state index in [-0.39, 0.29) is 42.3 Å².